The molecule has 146 valence electrons. The molecular formula is C22H22ClNO4. The van der Waals surface area contributed by atoms with Gasteiger partial charge >= 0.3 is 0 Å². The van der Waals surface area contributed by atoms with Crippen molar-refractivity contribution in [3.63, 3.8) is 0 Å². The van der Waals surface area contributed by atoms with Crippen LogP contribution in [0.1, 0.15) is 55.1 Å². The molecule has 1 heterocycles. The van der Waals surface area contributed by atoms with Crippen LogP contribution in [0.3, 0.4) is 0 Å². The number of ketones is 3. The van der Waals surface area contributed by atoms with Crippen molar-refractivity contribution >= 4 is 29.0 Å². The van der Waals surface area contributed by atoms with Crippen LogP contribution in [0, 0.1) is 16.5 Å². The van der Waals surface area contributed by atoms with Gasteiger partial charge in [-0.25, -0.2) is 0 Å². The zero-order valence-corrected chi connectivity index (χ0v) is 16.6. The van der Waals surface area contributed by atoms with Crippen molar-refractivity contribution in [3.05, 3.63) is 70.1 Å². The molecule has 1 fully saturated rings. The van der Waals surface area contributed by atoms with Crippen molar-refractivity contribution in [2.24, 2.45) is 11.3 Å². The van der Waals surface area contributed by atoms with Gasteiger partial charge in [-0.1, -0.05) is 43.6 Å². The van der Waals surface area contributed by atoms with Gasteiger partial charge in [0.15, 0.2) is 6.20 Å². The van der Waals surface area contributed by atoms with Crippen LogP contribution in [0.25, 0.3) is 0 Å². The summed E-state index contributed by atoms with van der Waals surface area (Å²) in [4.78, 5) is 38.6. The van der Waals surface area contributed by atoms with Gasteiger partial charge in [0.1, 0.15) is 11.6 Å². The molecule has 0 spiro atoms. The third-order valence-electron chi connectivity index (χ3n) is 5.22. The van der Waals surface area contributed by atoms with Crippen LogP contribution in [0.4, 0.5) is 0 Å². The van der Waals surface area contributed by atoms with Gasteiger partial charge in [0.25, 0.3) is 5.69 Å². The Morgan fingerprint density at radius 3 is 2.36 bits per heavy atom. The first-order valence-corrected chi connectivity index (χ1v) is 9.59. The van der Waals surface area contributed by atoms with E-state index in [1.165, 1.54) is 18.3 Å². The maximum absolute atomic E-state index is 12.9. The molecule has 0 amide bonds. The summed E-state index contributed by atoms with van der Waals surface area (Å²) in [5, 5.41) is 12.4. The maximum atomic E-state index is 12.9. The summed E-state index contributed by atoms with van der Waals surface area (Å²) in [6, 6.07) is 11.5. The molecule has 0 bridgehead atoms. The minimum atomic E-state index is -0.930. The predicted octanol–water partition coefficient (Wildman–Crippen LogP) is 3.90. The van der Waals surface area contributed by atoms with Crippen molar-refractivity contribution in [1.82, 2.24) is 0 Å². The SMILES string of the molecule is CC1(C)CC(=O)C([C@H](CC(=O)c2cccc[n+]2[O-])c2ccccc2Cl)C(=O)C1. The van der Waals surface area contributed by atoms with Crippen LogP contribution in [-0.4, -0.2) is 17.3 Å². The van der Waals surface area contributed by atoms with E-state index in [9.17, 15) is 19.6 Å². The van der Waals surface area contributed by atoms with Gasteiger partial charge in [-0.3, -0.25) is 14.4 Å². The standard InChI is InChI=1S/C22H22ClNO4/c1-22(2)12-19(26)21(20(27)13-22)15(14-7-3-4-8-16(14)23)11-18(25)17-9-5-6-10-24(17)28/h3-10,15,21H,11-13H2,1-2H3/t15-/m1/s1. The van der Waals surface area contributed by atoms with Crippen LogP contribution in [0.15, 0.2) is 48.7 Å². The largest absolute Gasteiger partial charge is 0.618 e. The molecule has 28 heavy (non-hydrogen) atoms. The number of Topliss-reactive ketones (excluding diaryl/α,β-unsaturated/α-hetero) is 3. The van der Waals surface area contributed by atoms with E-state index in [-0.39, 0.29) is 36.5 Å². The summed E-state index contributed by atoms with van der Waals surface area (Å²) in [6.45, 7) is 3.78. The first-order valence-electron chi connectivity index (χ1n) is 9.21. The minimum Gasteiger partial charge on any atom is -0.618 e. The average Bonchev–Trinajstić information content (AvgIpc) is 2.60. The minimum absolute atomic E-state index is 0.0180. The third kappa shape index (κ3) is 4.14. The molecule has 1 atom stereocenters. The number of carbonyl (C=O) groups is 3. The first-order chi connectivity index (χ1) is 13.2. The number of rotatable bonds is 5. The molecule has 5 nitrogen and oxygen atoms in total. The van der Waals surface area contributed by atoms with E-state index in [2.05, 4.69) is 0 Å². The van der Waals surface area contributed by atoms with E-state index in [1.54, 1.807) is 30.3 Å². The van der Waals surface area contributed by atoms with Gasteiger partial charge in [0, 0.05) is 42.3 Å². The molecule has 0 saturated heterocycles. The maximum Gasteiger partial charge on any atom is 0.259 e. The number of hydrogen-bond acceptors (Lipinski definition) is 4. The number of hydrogen-bond donors (Lipinski definition) is 0. The van der Waals surface area contributed by atoms with E-state index in [0.717, 1.165) is 0 Å². The van der Waals surface area contributed by atoms with E-state index < -0.39 is 23.0 Å². The Morgan fingerprint density at radius 2 is 1.75 bits per heavy atom. The van der Waals surface area contributed by atoms with Gasteiger partial charge < -0.3 is 5.21 Å². The quantitative estimate of drug-likeness (QED) is 0.330. The summed E-state index contributed by atoms with van der Waals surface area (Å²) in [6.07, 6.45) is 1.65. The molecule has 0 aliphatic heterocycles. The second-order valence-electron chi connectivity index (χ2n) is 8.10. The smallest absolute Gasteiger partial charge is 0.259 e. The highest BCUT2D eigenvalue weighted by molar-refractivity contribution is 6.31. The highest BCUT2D eigenvalue weighted by Gasteiger charge is 2.45. The molecule has 6 heteroatoms. The van der Waals surface area contributed by atoms with Crippen molar-refractivity contribution < 1.29 is 19.1 Å². The van der Waals surface area contributed by atoms with Crippen molar-refractivity contribution in [1.29, 1.82) is 0 Å². The Morgan fingerprint density at radius 1 is 1.14 bits per heavy atom. The van der Waals surface area contributed by atoms with Gasteiger partial charge in [-0.05, 0) is 23.1 Å². The lowest BCUT2D eigenvalue weighted by Crippen LogP contribution is -2.42. The van der Waals surface area contributed by atoms with Gasteiger partial charge in [0.2, 0.25) is 5.78 Å². The zero-order chi connectivity index (χ0) is 20.5. The Hall–Kier alpha value is -2.53. The van der Waals surface area contributed by atoms with Crippen LogP contribution in [0.5, 0.6) is 0 Å². The van der Waals surface area contributed by atoms with E-state index in [1.807, 2.05) is 13.8 Å². The summed E-state index contributed by atoms with van der Waals surface area (Å²) in [5.74, 6) is -2.41. The molecule has 1 aliphatic rings. The lowest BCUT2D eigenvalue weighted by Gasteiger charge is -2.35. The molecule has 1 aromatic heterocycles. The Balaban J connectivity index is 2.00. The zero-order valence-electron chi connectivity index (χ0n) is 15.9. The molecule has 0 unspecified atom stereocenters. The third-order valence-corrected chi connectivity index (χ3v) is 5.57. The van der Waals surface area contributed by atoms with Crippen molar-refractivity contribution in [2.45, 2.75) is 39.0 Å². The molecule has 1 aliphatic carbocycles. The number of carbonyl (C=O) groups excluding carboxylic acids is 3. The van der Waals surface area contributed by atoms with Crippen molar-refractivity contribution in [2.75, 3.05) is 0 Å². The first kappa shape index (κ1) is 20.2. The molecule has 2 aromatic rings. The summed E-state index contributed by atoms with van der Waals surface area (Å²) >= 11 is 6.35. The fourth-order valence-electron chi connectivity index (χ4n) is 3.99. The van der Waals surface area contributed by atoms with Gasteiger partial charge in [-0.15, -0.1) is 0 Å². The van der Waals surface area contributed by atoms with Crippen LogP contribution in [-0.2, 0) is 9.59 Å². The molecule has 0 radical (unpaired) electrons. The fourth-order valence-corrected chi connectivity index (χ4v) is 4.26. The Kier molecular flexibility index (Phi) is 5.66. The van der Waals surface area contributed by atoms with Crippen LogP contribution in [0.2, 0.25) is 5.02 Å². The van der Waals surface area contributed by atoms with E-state index in [0.29, 0.717) is 15.3 Å². The van der Waals surface area contributed by atoms with Crippen LogP contribution >= 0.6 is 11.6 Å². The number of pyridine rings is 1. The Labute approximate surface area is 168 Å². The van der Waals surface area contributed by atoms with E-state index in [4.69, 9.17) is 11.6 Å². The van der Waals surface area contributed by atoms with E-state index >= 15 is 0 Å². The lowest BCUT2D eigenvalue weighted by atomic mass is 9.65. The summed E-state index contributed by atoms with van der Waals surface area (Å²) in [7, 11) is 0. The average molecular weight is 400 g/mol. The molecule has 1 aromatic carbocycles. The summed E-state index contributed by atoms with van der Waals surface area (Å²) in [5.41, 5.74) is 0.171. The van der Waals surface area contributed by atoms with Gasteiger partial charge in [0.05, 0.1) is 5.92 Å². The molecule has 0 N–H and O–H groups in total. The van der Waals surface area contributed by atoms with Gasteiger partial charge in [-0.2, -0.15) is 4.73 Å². The second kappa shape index (κ2) is 7.84. The normalized spacial score (nSPS) is 18.1. The second-order valence-corrected chi connectivity index (χ2v) is 8.50. The monoisotopic (exact) mass is 399 g/mol. The number of nitrogens with zero attached hydrogens (tertiary/aromatic N) is 1. The highest BCUT2D eigenvalue weighted by atomic mass is 35.5. The molecular weight excluding hydrogens is 378 g/mol. The number of benzene rings is 1. The summed E-state index contributed by atoms with van der Waals surface area (Å²) < 4.78 is 0.500. The van der Waals surface area contributed by atoms with Crippen molar-refractivity contribution in [3.8, 4) is 0 Å². The number of halogens is 1. The highest BCUT2D eigenvalue weighted by Crippen LogP contribution is 2.42. The lowest BCUT2D eigenvalue weighted by molar-refractivity contribution is -0.607. The predicted molar refractivity (Wildman–Crippen MR) is 105 cm³/mol. The molecule has 3 rings (SSSR count). The number of aromatic nitrogens is 1. The Bertz CT molecular complexity index is 918. The molecule has 1 saturated carbocycles. The topological polar surface area (TPSA) is 78.2 Å². The van der Waals surface area contributed by atoms with Crippen LogP contribution < -0.4 is 4.73 Å². The fraction of sp³-hybridized carbons (Fsp3) is 0.364.